The highest BCUT2D eigenvalue weighted by Crippen LogP contribution is 2.20. The zero-order valence-corrected chi connectivity index (χ0v) is 13.4. The van der Waals surface area contributed by atoms with Gasteiger partial charge in [0.2, 0.25) is 0 Å². The summed E-state index contributed by atoms with van der Waals surface area (Å²) in [6.45, 7) is 0.381. The maximum atomic E-state index is 13.5. The Labute approximate surface area is 141 Å². The van der Waals surface area contributed by atoms with Crippen LogP contribution in [0, 0.1) is 17.5 Å². The van der Waals surface area contributed by atoms with Gasteiger partial charge in [0.25, 0.3) is 0 Å². The minimum Gasteiger partial charge on any atom is -0.492 e. The highest BCUT2D eigenvalue weighted by Gasteiger charge is 2.16. The lowest BCUT2D eigenvalue weighted by Gasteiger charge is -2.18. The van der Waals surface area contributed by atoms with E-state index < -0.39 is 29.2 Å². The number of urea groups is 1. The highest BCUT2D eigenvalue weighted by molar-refractivity contribution is 6.30. The van der Waals surface area contributed by atoms with E-state index in [1.807, 2.05) is 0 Å². The Balaban J connectivity index is 1.86. The number of rotatable bonds is 5. The van der Waals surface area contributed by atoms with Crippen LogP contribution in [0.1, 0.15) is 0 Å². The van der Waals surface area contributed by atoms with Crippen molar-refractivity contribution in [3.63, 3.8) is 0 Å². The third-order valence-electron chi connectivity index (χ3n) is 3.13. The Kier molecular flexibility index (Phi) is 5.92. The Morgan fingerprint density at radius 1 is 1.12 bits per heavy atom. The Morgan fingerprint density at radius 3 is 2.46 bits per heavy atom. The molecular weight excluding hydrogens is 345 g/mol. The molecule has 0 spiro atoms. The molecule has 0 aromatic heterocycles. The van der Waals surface area contributed by atoms with E-state index in [-0.39, 0.29) is 13.2 Å². The number of hydrogen-bond acceptors (Lipinski definition) is 2. The van der Waals surface area contributed by atoms with E-state index in [0.29, 0.717) is 10.8 Å². The summed E-state index contributed by atoms with van der Waals surface area (Å²) in [5.74, 6) is -3.83. The van der Waals surface area contributed by atoms with E-state index in [0.717, 1.165) is 12.1 Å². The monoisotopic (exact) mass is 358 g/mol. The van der Waals surface area contributed by atoms with Gasteiger partial charge in [-0.25, -0.2) is 18.0 Å². The summed E-state index contributed by atoms with van der Waals surface area (Å²) >= 11 is 5.75. The quantitative estimate of drug-likeness (QED) is 0.810. The summed E-state index contributed by atoms with van der Waals surface area (Å²) in [4.78, 5) is 13.1. The van der Waals surface area contributed by atoms with Crippen molar-refractivity contribution >= 4 is 23.3 Å². The normalized spacial score (nSPS) is 10.4. The average molecular weight is 359 g/mol. The molecule has 0 atom stereocenters. The van der Waals surface area contributed by atoms with Crippen molar-refractivity contribution in [2.45, 2.75) is 0 Å². The number of nitrogens with one attached hydrogen (secondary N) is 1. The first-order valence-electron chi connectivity index (χ1n) is 6.92. The average Bonchev–Trinajstić information content (AvgIpc) is 2.57. The molecule has 8 heteroatoms. The van der Waals surface area contributed by atoms with Crippen LogP contribution in [-0.4, -0.2) is 31.1 Å². The molecule has 24 heavy (non-hydrogen) atoms. The number of anilines is 1. The van der Waals surface area contributed by atoms with Crippen LogP contribution in [0.2, 0.25) is 5.02 Å². The molecule has 2 amide bonds. The number of carbonyl (C=O) groups excluding carboxylic acids is 1. The molecule has 0 heterocycles. The van der Waals surface area contributed by atoms with Gasteiger partial charge in [-0.2, -0.15) is 0 Å². The zero-order valence-electron chi connectivity index (χ0n) is 12.7. The van der Waals surface area contributed by atoms with E-state index >= 15 is 0 Å². The molecule has 0 bridgehead atoms. The molecule has 1 N–H and O–H groups in total. The molecular formula is C16H14ClF3N2O2. The SMILES string of the molecule is CN(CCOc1ccc(Cl)cc1)C(=O)Nc1ccc(F)c(F)c1F. The number of amides is 2. The van der Waals surface area contributed by atoms with Crippen LogP contribution in [-0.2, 0) is 0 Å². The van der Waals surface area contributed by atoms with Crippen LogP contribution < -0.4 is 10.1 Å². The second kappa shape index (κ2) is 7.92. The zero-order chi connectivity index (χ0) is 17.7. The van der Waals surface area contributed by atoms with Crippen molar-refractivity contribution in [1.29, 1.82) is 0 Å². The van der Waals surface area contributed by atoms with Crippen LogP contribution in [0.25, 0.3) is 0 Å². The third kappa shape index (κ3) is 4.55. The highest BCUT2D eigenvalue weighted by atomic mass is 35.5. The second-order valence-electron chi connectivity index (χ2n) is 4.88. The molecule has 0 unspecified atom stereocenters. The van der Waals surface area contributed by atoms with Crippen LogP contribution in [0.15, 0.2) is 36.4 Å². The molecule has 128 valence electrons. The van der Waals surface area contributed by atoms with Crippen LogP contribution >= 0.6 is 11.6 Å². The van der Waals surface area contributed by atoms with Gasteiger partial charge < -0.3 is 15.0 Å². The minimum atomic E-state index is -1.64. The van der Waals surface area contributed by atoms with Gasteiger partial charge in [-0.1, -0.05) is 11.6 Å². The first-order valence-corrected chi connectivity index (χ1v) is 7.30. The Hall–Kier alpha value is -2.41. The minimum absolute atomic E-state index is 0.186. The summed E-state index contributed by atoms with van der Waals surface area (Å²) in [5, 5.41) is 2.74. The Morgan fingerprint density at radius 2 is 1.79 bits per heavy atom. The van der Waals surface area contributed by atoms with E-state index in [2.05, 4.69) is 5.32 Å². The van der Waals surface area contributed by atoms with Gasteiger partial charge in [0, 0.05) is 12.1 Å². The van der Waals surface area contributed by atoms with E-state index in [9.17, 15) is 18.0 Å². The van der Waals surface area contributed by atoms with Gasteiger partial charge in [0.05, 0.1) is 12.2 Å². The molecule has 0 aliphatic rings. The molecule has 0 aliphatic heterocycles. The Bertz CT molecular complexity index is 726. The molecule has 2 aromatic carbocycles. The lowest BCUT2D eigenvalue weighted by molar-refractivity contribution is 0.207. The van der Waals surface area contributed by atoms with Gasteiger partial charge in [0.1, 0.15) is 12.4 Å². The van der Waals surface area contributed by atoms with E-state index in [1.165, 1.54) is 11.9 Å². The fourth-order valence-electron chi connectivity index (χ4n) is 1.77. The summed E-state index contributed by atoms with van der Waals surface area (Å²) in [5.41, 5.74) is -0.440. The van der Waals surface area contributed by atoms with E-state index in [1.54, 1.807) is 24.3 Å². The van der Waals surface area contributed by atoms with Gasteiger partial charge in [-0.15, -0.1) is 0 Å². The summed E-state index contributed by atoms with van der Waals surface area (Å²) in [6.07, 6.45) is 0. The first-order chi connectivity index (χ1) is 11.4. The number of carbonyl (C=O) groups is 1. The van der Waals surface area contributed by atoms with Gasteiger partial charge in [-0.05, 0) is 36.4 Å². The predicted octanol–water partition coefficient (Wildman–Crippen LogP) is 4.30. The van der Waals surface area contributed by atoms with Crippen molar-refractivity contribution < 1.29 is 22.7 Å². The summed E-state index contributed by atoms with van der Waals surface area (Å²) in [6, 6.07) is 7.69. The predicted molar refractivity (Wildman–Crippen MR) is 84.9 cm³/mol. The molecule has 4 nitrogen and oxygen atoms in total. The molecule has 2 rings (SSSR count). The molecule has 0 saturated heterocycles. The summed E-state index contributed by atoms with van der Waals surface area (Å²) < 4.78 is 44.9. The molecule has 0 aliphatic carbocycles. The number of likely N-dealkylation sites (N-methyl/N-ethyl adjacent to an activating group) is 1. The fourth-order valence-corrected chi connectivity index (χ4v) is 1.89. The second-order valence-corrected chi connectivity index (χ2v) is 5.31. The van der Waals surface area contributed by atoms with Crippen molar-refractivity contribution in [2.75, 3.05) is 25.5 Å². The number of halogens is 4. The molecule has 2 aromatic rings. The molecule has 0 fully saturated rings. The van der Waals surface area contributed by atoms with Crippen LogP contribution in [0.5, 0.6) is 5.75 Å². The number of ether oxygens (including phenoxy) is 1. The van der Waals surface area contributed by atoms with Gasteiger partial charge in [0.15, 0.2) is 17.5 Å². The maximum absolute atomic E-state index is 13.5. The number of hydrogen-bond donors (Lipinski definition) is 1. The largest absolute Gasteiger partial charge is 0.492 e. The van der Waals surface area contributed by atoms with Crippen LogP contribution in [0.4, 0.5) is 23.7 Å². The molecule has 0 saturated carbocycles. The third-order valence-corrected chi connectivity index (χ3v) is 3.38. The van der Waals surface area contributed by atoms with Crippen LogP contribution in [0.3, 0.4) is 0 Å². The van der Waals surface area contributed by atoms with Gasteiger partial charge in [-0.3, -0.25) is 0 Å². The van der Waals surface area contributed by atoms with Gasteiger partial charge >= 0.3 is 6.03 Å². The lowest BCUT2D eigenvalue weighted by Crippen LogP contribution is -2.34. The van der Waals surface area contributed by atoms with Crippen molar-refractivity contribution in [1.82, 2.24) is 4.90 Å². The number of nitrogens with zero attached hydrogens (tertiary/aromatic N) is 1. The first kappa shape index (κ1) is 17.9. The summed E-state index contributed by atoms with van der Waals surface area (Å²) in [7, 11) is 1.46. The smallest absolute Gasteiger partial charge is 0.321 e. The van der Waals surface area contributed by atoms with E-state index in [4.69, 9.17) is 16.3 Å². The van der Waals surface area contributed by atoms with Crippen molar-refractivity contribution in [2.24, 2.45) is 0 Å². The van der Waals surface area contributed by atoms with Crippen molar-refractivity contribution in [3.8, 4) is 5.75 Å². The fraction of sp³-hybridized carbons (Fsp3) is 0.188. The number of benzene rings is 2. The van der Waals surface area contributed by atoms with Crippen molar-refractivity contribution in [3.05, 3.63) is 58.9 Å². The maximum Gasteiger partial charge on any atom is 0.321 e. The standard InChI is InChI=1S/C16H14ClF3N2O2/c1-22(8-9-24-11-4-2-10(17)3-5-11)16(23)21-13-7-6-12(18)14(19)15(13)20/h2-7H,8-9H2,1H3,(H,21,23). The lowest BCUT2D eigenvalue weighted by atomic mass is 10.3. The topological polar surface area (TPSA) is 41.6 Å². The molecule has 0 radical (unpaired) electrons.